The van der Waals surface area contributed by atoms with E-state index in [0.29, 0.717) is 11.8 Å². The van der Waals surface area contributed by atoms with Crippen molar-refractivity contribution >= 4 is 0 Å². The molecule has 0 bridgehead atoms. The van der Waals surface area contributed by atoms with Gasteiger partial charge in [0.15, 0.2) is 0 Å². The number of imidazole rings is 1. The van der Waals surface area contributed by atoms with Crippen molar-refractivity contribution in [3.8, 4) is 0 Å². The van der Waals surface area contributed by atoms with Gasteiger partial charge in [-0.05, 0) is 44.9 Å². The van der Waals surface area contributed by atoms with Crippen LogP contribution in [0.15, 0.2) is 0 Å². The smallest absolute Gasteiger partial charge is 0.126 e. The molecule has 3 heteroatoms. The Morgan fingerprint density at radius 3 is 2.68 bits per heavy atom. The first kappa shape index (κ1) is 13.2. The van der Waals surface area contributed by atoms with Crippen molar-refractivity contribution in [3.63, 3.8) is 0 Å². The lowest BCUT2D eigenvalue weighted by molar-refractivity contribution is 0.215. The second-order valence-corrected chi connectivity index (χ2v) is 6.71. The number of aromatic amines is 1. The summed E-state index contributed by atoms with van der Waals surface area (Å²) in [4.78, 5) is 8.47. The number of rotatable bonds is 3. The van der Waals surface area contributed by atoms with Gasteiger partial charge >= 0.3 is 0 Å². The lowest BCUT2D eigenvalue weighted by Crippen LogP contribution is -2.43. The average Bonchev–Trinajstić information content (AvgIpc) is 2.99. The van der Waals surface area contributed by atoms with E-state index < -0.39 is 0 Å². The summed E-state index contributed by atoms with van der Waals surface area (Å²) < 4.78 is 0. The van der Waals surface area contributed by atoms with Crippen LogP contribution in [-0.4, -0.2) is 9.97 Å². The van der Waals surface area contributed by atoms with Crippen molar-refractivity contribution in [1.82, 2.24) is 9.97 Å². The van der Waals surface area contributed by atoms with Crippen molar-refractivity contribution in [2.75, 3.05) is 0 Å². The molecule has 2 aliphatic carbocycles. The zero-order valence-corrected chi connectivity index (χ0v) is 12.3. The molecule has 1 fully saturated rings. The number of fused-ring (bicyclic) bond motifs is 1. The quantitative estimate of drug-likeness (QED) is 0.873. The molecule has 3 nitrogen and oxygen atoms in total. The Labute approximate surface area is 116 Å². The van der Waals surface area contributed by atoms with Crippen LogP contribution in [0.1, 0.15) is 81.9 Å². The Morgan fingerprint density at radius 1 is 1.26 bits per heavy atom. The maximum atomic E-state index is 6.67. The predicted molar refractivity (Wildman–Crippen MR) is 78.1 cm³/mol. The fraction of sp³-hybridized carbons (Fsp3) is 0.812. The summed E-state index contributed by atoms with van der Waals surface area (Å²) in [7, 11) is 0. The zero-order chi connectivity index (χ0) is 13.5. The van der Waals surface area contributed by atoms with Crippen molar-refractivity contribution in [2.45, 2.75) is 76.7 Å². The van der Waals surface area contributed by atoms with Crippen molar-refractivity contribution in [1.29, 1.82) is 0 Å². The summed E-state index contributed by atoms with van der Waals surface area (Å²) in [5.74, 6) is 2.29. The summed E-state index contributed by atoms with van der Waals surface area (Å²) >= 11 is 0. The Balaban J connectivity index is 1.85. The van der Waals surface area contributed by atoms with E-state index in [2.05, 4.69) is 18.8 Å². The molecule has 3 rings (SSSR count). The number of hydrogen-bond donors (Lipinski definition) is 2. The summed E-state index contributed by atoms with van der Waals surface area (Å²) in [5.41, 5.74) is 9.06. The van der Waals surface area contributed by atoms with Crippen LogP contribution in [0.4, 0.5) is 0 Å². The van der Waals surface area contributed by atoms with Crippen LogP contribution in [0.2, 0.25) is 0 Å². The Morgan fingerprint density at radius 2 is 2.00 bits per heavy atom. The third kappa shape index (κ3) is 2.22. The number of aryl methyl sites for hydroxylation is 1. The van der Waals surface area contributed by atoms with Crippen molar-refractivity contribution in [3.05, 3.63) is 17.2 Å². The predicted octanol–water partition coefficient (Wildman–Crippen LogP) is 3.60. The Hall–Kier alpha value is -0.830. The Bertz CT molecular complexity index is 441. The first-order chi connectivity index (χ1) is 9.13. The van der Waals surface area contributed by atoms with E-state index in [1.54, 1.807) is 0 Å². The lowest BCUT2D eigenvalue weighted by Gasteiger charge is -2.35. The van der Waals surface area contributed by atoms with Gasteiger partial charge in [-0.25, -0.2) is 4.98 Å². The van der Waals surface area contributed by atoms with Gasteiger partial charge in [0.25, 0.3) is 0 Å². The number of nitrogens with two attached hydrogens (primary N) is 1. The van der Waals surface area contributed by atoms with Gasteiger partial charge in [-0.2, -0.15) is 0 Å². The molecule has 2 atom stereocenters. The molecule has 1 aromatic rings. The number of nitrogens with one attached hydrogen (secondary N) is 1. The SMILES string of the molecule is CCC1CCc2[nH]c(C(C)(N)C3CCCCC3)nc21. The van der Waals surface area contributed by atoms with Crippen LogP contribution < -0.4 is 5.73 Å². The maximum absolute atomic E-state index is 6.67. The molecule has 2 aliphatic rings. The minimum Gasteiger partial charge on any atom is -0.344 e. The topological polar surface area (TPSA) is 54.7 Å². The number of aromatic nitrogens is 2. The van der Waals surface area contributed by atoms with Crippen LogP contribution in [0.25, 0.3) is 0 Å². The molecule has 19 heavy (non-hydrogen) atoms. The molecular formula is C16H27N3. The monoisotopic (exact) mass is 261 g/mol. The maximum Gasteiger partial charge on any atom is 0.126 e. The molecule has 0 amide bonds. The highest BCUT2D eigenvalue weighted by Gasteiger charge is 2.37. The van der Waals surface area contributed by atoms with Crippen LogP contribution in [0, 0.1) is 5.92 Å². The van der Waals surface area contributed by atoms with Gasteiger partial charge in [-0.1, -0.05) is 26.2 Å². The average molecular weight is 261 g/mol. The molecule has 0 spiro atoms. The summed E-state index contributed by atoms with van der Waals surface area (Å²) in [6.07, 6.45) is 10.2. The molecule has 0 saturated heterocycles. The minimum atomic E-state index is -0.275. The highest BCUT2D eigenvalue weighted by molar-refractivity contribution is 5.27. The first-order valence-corrected chi connectivity index (χ1v) is 8.01. The van der Waals surface area contributed by atoms with Gasteiger partial charge in [-0.15, -0.1) is 0 Å². The molecule has 1 saturated carbocycles. The second-order valence-electron chi connectivity index (χ2n) is 6.71. The summed E-state index contributed by atoms with van der Waals surface area (Å²) in [5, 5.41) is 0. The molecule has 1 heterocycles. The molecule has 3 N–H and O–H groups in total. The van der Waals surface area contributed by atoms with Gasteiger partial charge in [0.2, 0.25) is 0 Å². The highest BCUT2D eigenvalue weighted by Crippen LogP contribution is 2.39. The Kier molecular flexibility index (Phi) is 3.42. The summed E-state index contributed by atoms with van der Waals surface area (Å²) in [6.45, 7) is 4.44. The number of hydrogen-bond acceptors (Lipinski definition) is 2. The third-order valence-electron chi connectivity index (χ3n) is 5.40. The normalized spacial score (nSPS) is 27.2. The molecule has 1 aromatic heterocycles. The van der Waals surface area contributed by atoms with E-state index >= 15 is 0 Å². The van der Waals surface area contributed by atoms with E-state index in [1.165, 1.54) is 56.3 Å². The van der Waals surface area contributed by atoms with E-state index in [9.17, 15) is 0 Å². The third-order valence-corrected chi connectivity index (χ3v) is 5.40. The number of H-pyrrole nitrogens is 1. The molecule has 2 unspecified atom stereocenters. The first-order valence-electron chi connectivity index (χ1n) is 8.01. The van der Waals surface area contributed by atoms with Crippen molar-refractivity contribution in [2.24, 2.45) is 11.7 Å². The van der Waals surface area contributed by atoms with E-state index in [0.717, 1.165) is 12.2 Å². The molecular weight excluding hydrogens is 234 g/mol. The van der Waals surface area contributed by atoms with Crippen LogP contribution >= 0.6 is 0 Å². The van der Waals surface area contributed by atoms with Gasteiger partial charge in [0.1, 0.15) is 5.82 Å². The second kappa shape index (κ2) is 4.93. The van der Waals surface area contributed by atoms with Crippen molar-refractivity contribution < 1.29 is 0 Å². The van der Waals surface area contributed by atoms with Gasteiger partial charge in [-0.3, -0.25) is 0 Å². The van der Waals surface area contributed by atoms with Gasteiger partial charge in [0.05, 0.1) is 11.2 Å². The van der Waals surface area contributed by atoms with Crippen LogP contribution in [0.5, 0.6) is 0 Å². The minimum absolute atomic E-state index is 0.275. The molecule has 0 aliphatic heterocycles. The molecule has 0 aromatic carbocycles. The van der Waals surface area contributed by atoms with E-state index in [1.807, 2.05) is 0 Å². The molecule has 106 valence electrons. The fourth-order valence-corrected chi connectivity index (χ4v) is 3.95. The molecule has 0 radical (unpaired) electrons. The van der Waals surface area contributed by atoms with Crippen LogP contribution in [0.3, 0.4) is 0 Å². The van der Waals surface area contributed by atoms with E-state index in [-0.39, 0.29) is 5.54 Å². The van der Waals surface area contributed by atoms with E-state index in [4.69, 9.17) is 10.7 Å². The fourth-order valence-electron chi connectivity index (χ4n) is 3.95. The summed E-state index contributed by atoms with van der Waals surface area (Å²) in [6, 6.07) is 0. The lowest BCUT2D eigenvalue weighted by atomic mass is 9.76. The standard InChI is InChI=1S/C16H27N3/c1-3-11-9-10-13-14(11)19-15(18-13)16(2,17)12-7-5-4-6-8-12/h11-12H,3-10,17H2,1-2H3,(H,18,19). The highest BCUT2D eigenvalue weighted by atomic mass is 15.0. The number of nitrogens with zero attached hydrogens (tertiary/aromatic N) is 1. The van der Waals surface area contributed by atoms with Crippen LogP contribution in [-0.2, 0) is 12.0 Å². The zero-order valence-electron chi connectivity index (χ0n) is 12.3. The largest absolute Gasteiger partial charge is 0.344 e. The van der Waals surface area contributed by atoms with Gasteiger partial charge < -0.3 is 10.7 Å². The van der Waals surface area contributed by atoms with Gasteiger partial charge in [0, 0.05) is 11.6 Å².